The Morgan fingerprint density at radius 2 is 1.85 bits per heavy atom. The average Bonchev–Trinajstić information content (AvgIpc) is 2.88. The van der Waals surface area contributed by atoms with Crippen LogP contribution in [-0.4, -0.2) is 42.4 Å². The lowest BCUT2D eigenvalue weighted by Gasteiger charge is -2.24. The average molecular weight is 287 g/mol. The highest BCUT2D eigenvalue weighted by molar-refractivity contribution is 5.68. The third-order valence-corrected chi connectivity index (χ3v) is 2.25. The Morgan fingerprint density at radius 3 is 2.30 bits per heavy atom. The first-order valence-corrected chi connectivity index (χ1v) is 7.63. The van der Waals surface area contributed by atoms with Crippen molar-refractivity contribution < 1.29 is 14.3 Å². The van der Waals surface area contributed by atoms with E-state index in [4.69, 9.17) is 9.47 Å². The van der Waals surface area contributed by atoms with Gasteiger partial charge >= 0.3 is 6.09 Å². The molecule has 1 heterocycles. The van der Waals surface area contributed by atoms with E-state index in [0.717, 1.165) is 6.42 Å². The van der Waals surface area contributed by atoms with E-state index in [1.54, 1.807) is 11.0 Å². The number of rotatable bonds is 3. The van der Waals surface area contributed by atoms with Crippen molar-refractivity contribution in [1.29, 1.82) is 0 Å². The summed E-state index contributed by atoms with van der Waals surface area (Å²) in [5.74, 6) is 0. The summed E-state index contributed by atoms with van der Waals surface area (Å²) in [6, 6.07) is 0. The number of amides is 1. The van der Waals surface area contributed by atoms with Crippen molar-refractivity contribution in [2.75, 3.05) is 19.7 Å². The highest BCUT2D eigenvalue weighted by Gasteiger charge is 2.29. The zero-order chi connectivity index (χ0) is 16.2. The monoisotopic (exact) mass is 287 g/mol. The molecule has 0 aromatic heterocycles. The summed E-state index contributed by atoms with van der Waals surface area (Å²) < 4.78 is 10.8. The van der Waals surface area contributed by atoms with Crippen molar-refractivity contribution >= 4 is 6.09 Å². The summed E-state index contributed by atoms with van der Waals surface area (Å²) in [6.45, 7) is 19.1. The van der Waals surface area contributed by atoms with Gasteiger partial charge in [-0.1, -0.05) is 33.8 Å². The van der Waals surface area contributed by atoms with Crippen LogP contribution in [0.4, 0.5) is 4.79 Å². The largest absolute Gasteiger partial charge is 0.444 e. The molecular formula is C16H33NO3. The Morgan fingerprint density at radius 1 is 1.30 bits per heavy atom. The smallest absolute Gasteiger partial charge is 0.410 e. The normalized spacial score (nSPS) is 17.4. The molecule has 4 nitrogen and oxygen atoms in total. The van der Waals surface area contributed by atoms with Crippen LogP contribution in [-0.2, 0) is 9.47 Å². The standard InChI is InChI=1S/C12H21NO3.2C2H6/c1-5-8-15-10-6-7-13(9-10)11(14)16-12(2,3)4;2*1-2/h5,10H,1,6-9H2,2-4H3;2*1-2H3. The molecule has 0 radical (unpaired) electrons. The van der Waals surface area contributed by atoms with E-state index in [-0.39, 0.29) is 12.2 Å². The highest BCUT2D eigenvalue weighted by atomic mass is 16.6. The molecule has 0 aliphatic carbocycles. The molecule has 1 fully saturated rings. The van der Waals surface area contributed by atoms with Crippen LogP contribution in [0.15, 0.2) is 12.7 Å². The Hall–Kier alpha value is -1.03. The number of hydrogen-bond acceptors (Lipinski definition) is 3. The van der Waals surface area contributed by atoms with E-state index in [2.05, 4.69) is 6.58 Å². The minimum Gasteiger partial charge on any atom is -0.444 e. The lowest BCUT2D eigenvalue weighted by molar-refractivity contribution is 0.0235. The second-order valence-electron chi connectivity index (χ2n) is 4.96. The summed E-state index contributed by atoms with van der Waals surface area (Å²) in [6.07, 6.45) is 2.45. The number of hydrogen-bond donors (Lipinski definition) is 0. The summed E-state index contributed by atoms with van der Waals surface area (Å²) in [7, 11) is 0. The molecule has 1 saturated heterocycles. The van der Waals surface area contributed by atoms with Gasteiger partial charge in [0.15, 0.2) is 0 Å². The first-order chi connectivity index (χ1) is 9.42. The second kappa shape index (κ2) is 11.8. The van der Waals surface area contributed by atoms with Gasteiger partial charge in [0.1, 0.15) is 5.60 Å². The maximum absolute atomic E-state index is 11.7. The van der Waals surface area contributed by atoms with Crippen LogP contribution >= 0.6 is 0 Å². The summed E-state index contributed by atoms with van der Waals surface area (Å²) in [5, 5.41) is 0. The van der Waals surface area contributed by atoms with Crippen LogP contribution < -0.4 is 0 Å². The molecule has 0 bridgehead atoms. The first-order valence-electron chi connectivity index (χ1n) is 7.63. The molecule has 1 unspecified atom stereocenters. The molecule has 1 aliphatic rings. The third kappa shape index (κ3) is 9.84. The number of nitrogens with zero attached hydrogens (tertiary/aromatic N) is 1. The van der Waals surface area contributed by atoms with Crippen LogP contribution in [0.25, 0.3) is 0 Å². The first kappa shape index (κ1) is 21.3. The van der Waals surface area contributed by atoms with Gasteiger partial charge in [-0.05, 0) is 27.2 Å². The summed E-state index contributed by atoms with van der Waals surface area (Å²) in [4.78, 5) is 13.4. The predicted octanol–water partition coefficient (Wildman–Crippen LogP) is 4.25. The SMILES string of the molecule is C=CCOC1CCN(C(=O)OC(C)(C)C)C1.CC.CC. The second-order valence-corrected chi connectivity index (χ2v) is 4.96. The van der Waals surface area contributed by atoms with Gasteiger partial charge in [0, 0.05) is 6.54 Å². The van der Waals surface area contributed by atoms with Crippen LogP contribution in [0, 0.1) is 0 Å². The summed E-state index contributed by atoms with van der Waals surface area (Å²) in [5.41, 5.74) is -0.433. The van der Waals surface area contributed by atoms with Crippen LogP contribution in [0.5, 0.6) is 0 Å². The van der Waals surface area contributed by atoms with E-state index in [1.807, 2.05) is 48.5 Å². The fourth-order valence-corrected chi connectivity index (χ4v) is 1.56. The molecule has 20 heavy (non-hydrogen) atoms. The quantitative estimate of drug-likeness (QED) is 0.728. The Bertz CT molecular complexity index is 259. The molecule has 1 aliphatic heterocycles. The molecule has 1 atom stereocenters. The maximum atomic E-state index is 11.7. The molecule has 0 aromatic rings. The molecule has 4 heteroatoms. The van der Waals surface area contributed by atoms with Crippen molar-refractivity contribution in [3.63, 3.8) is 0 Å². The number of ether oxygens (including phenoxy) is 2. The molecule has 0 spiro atoms. The number of carbonyl (C=O) groups excluding carboxylic acids is 1. The highest BCUT2D eigenvalue weighted by Crippen LogP contribution is 2.16. The van der Waals surface area contributed by atoms with Gasteiger partial charge in [0.05, 0.1) is 19.3 Å². The lowest BCUT2D eigenvalue weighted by Crippen LogP contribution is -2.36. The lowest BCUT2D eigenvalue weighted by atomic mass is 10.2. The predicted molar refractivity (Wildman–Crippen MR) is 85.1 cm³/mol. The number of likely N-dealkylation sites (tertiary alicyclic amines) is 1. The van der Waals surface area contributed by atoms with E-state index in [0.29, 0.717) is 19.7 Å². The fourth-order valence-electron chi connectivity index (χ4n) is 1.56. The van der Waals surface area contributed by atoms with Gasteiger partial charge in [-0.15, -0.1) is 6.58 Å². The van der Waals surface area contributed by atoms with Gasteiger partial charge < -0.3 is 14.4 Å². The minimum absolute atomic E-state index is 0.116. The van der Waals surface area contributed by atoms with Crippen LogP contribution in [0.1, 0.15) is 54.9 Å². The van der Waals surface area contributed by atoms with Gasteiger partial charge in [0.25, 0.3) is 0 Å². The minimum atomic E-state index is -0.433. The third-order valence-electron chi connectivity index (χ3n) is 2.25. The van der Waals surface area contributed by atoms with E-state index >= 15 is 0 Å². The molecule has 0 N–H and O–H groups in total. The van der Waals surface area contributed by atoms with Crippen LogP contribution in [0.2, 0.25) is 0 Å². The molecule has 1 rings (SSSR count). The van der Waals surface area contributed by atoms with Crippen molar-refractivity contribution in [2.24, 2.45) is 0 Å². The summed E-state index contributed by atoms with van der Waals surface area (Å²) >= 11 is 0. The van der Waals surface area contributed by atoms with Gasteiger partial charge in [-0.2, -0.15) is 0 Å². The van der Waals surface area contributed by atoms with Crippen molar-refractivity contribution in [3.05, 3.63) is 12.7 Å². The molecule has 0 aromatic carbocycles. The van der Waals surface area contributed by atoms with Crippen molar-refractivity contribution in [3.8, 4) is 0 Å². The molecule has 120 valence electrons. The molecule has 0 saturated carbocycles. The zero-order valence-electron chi connectivity index (χ0n) is 14.4. The van der Waals surface area contributed by atoms with E-state index in [9.17, 15) is 4.79 Å². The van der Waals surface area contributed by atoms with Crippen molar-refractivity contribution in [1.82, 2.24) is 4.90 Å². The Kier molecular flexibility index (Phi) is 12.5. The maximum Gasteiger partial charge on any atom is 0.410 e. The van der Waals surface area contributed by atoms with Crippen molar-refractivity contribution in [2.45, 2.75) is 66.6 Å². The Labute approximate surface area is 125 Å². The van der Waals surface area contributed by atoms with E-state index < -0.39 is 5.60 Å². The topological polar surface area (TPSA) is 38.8 Å². The number of carbonyl (C=O) groups is 1. The fraction of sp³-hybridized carbons (Fsp3) is 0.812. The van der Waals surface area contributed by atoms with Crippen LogP contribution in [0.3, 0.4) is 0 Å². The Balaban J connectivity index is 0. The van der Waals surface area contributed by atoms with Gasteiger partial charge in [-0.3, -0.25) is 0 Å². The zero-order valence-corrected chi connectivity index (χ0v) is 14.4. The van der Waals surface area contributed by atoms with E-state index in [1.165, 1.54) is 0 Å². The van der Waals surface area contributed by atoms with Gasteiger partial charge in [-0.25, -0.2) is 4.79 Å². The molecule has 1 amide bonds. The van der Waals surface area contributed by atoms with Gasteiger partial charge in [0.2, 0.25) is 0 Å². The molecular weight excluding hydrogens is 254 g/mol.